The Morgan fingerprint density at radius 3 is 1.14 bits per heavy atom. The van der Waals surface area contributed by atoms with Gasteiger partial charge in [0.05, 0.1) is 77.8 Å². The summed E-state index contributed by atoms with van der Waals surface area (Å²) in [4.78, 5) is 40.2. The van der Waals surface area contributed by atoms with Gasteiger partial charge in [-0.25, -0.2) is 14.4 Å². The van der Waals surface area contributed by atoms with E-state index in [0.29, 0.717) is 0 Å². The van der Waals surface area contributed by atoms with E-state index in [9.17, 15) is 193 Å². The minimum Gasteiger partial charge on any atom is -0.477 e. The van der Waals surface area contributed by atoms with Gasteiger partial charge in [-0.05, 0) is 0 Å². The zero-order valence-electron chi connectivity index (χ0n) is 61.3. The number of carbonyl (C=O) groups is 3. The number of ether oxygens (including phenoxy) is 17. The van der Waals surface area contributed by atoms with Gasteiger partial charge < -0.3 is 259 Å². The standard InChI is InChI=1S/C63H104O55/c64-4-14(72)42-33(86)32(85)35(88)53(107-42)102-11-19(77)44-38(91)51(112-55-39(92)49(111-54-36(89)31(84)27(80)23(10-70)105-54)29(82)24(106-55)12-103-52-34(87)30(83)26(79)22(9-69)104-52)41(94)57(109-44)113-50-37(90)43(15(73)5-65)108-56(40(50)93)110-48-21(2-61(101,58(95)96)116-47(48)18(76)8-68)115-63(60(99)100)3-20(28(81)46(118-63)17(75)7-67)114-62(59(97)98)1-13(71)25(78)45(117-62)16(74)6-66/h13-57,64-94,101H,1-12H2,(H,95,96)(H,97,98)(H,99,100)/t13-,14+,15+,16-,17-,18-,19+,20-,21-,22-,23-,24-,25-,26+,27+,28-,29-,30+,31+,32+,33+,34-,35+,36-,37-,38-,39-,40+,41+,42-,43-,44-,45-,46-,47-,48-,49+,50+,51+,52+,53+,54-,55-,56-,57-,61-,62-,63-/m1/s1. The second-order valence-electron chi connectivity index (χ2n) is 29.6. The number of aliphatic carboxylic acids is 3. The highest BCUT2D eigenvalue weighted by Crippen LogP contribution is 2.46. The zero-order chi connectivity index (χ0) is 87.7. The molecule has 0 radical (unpaired) electrons. The number of hydrogen-bond donors (Lipinski definition) is 35. The number of carboxylic acids is 3. The summed E-state index contributed by atoms with van der Waals surface area (Å²) in [7, 11) is 0. The van der Waals surface area contributed by atoms with Crippen molar-refractivity contribution in [1.29, 1.82) is 0 Å². The van der Waals surface area contributed by atoms with E-state index in [-0.39, 0.29) is 0 Å². The molecule has 686 valence electrons. The van der Waals surface area contributed by atoms with E-state index in [1.807, 2.05) is 0 Å². The van der Waals surface area contributed by atoms with Crippen LogP contribution in [-0.4, -0.2) is 549 Å². The molecule has 9 aliphatic heterocycles. The first-order chi connectivity index (χ1) is 55.4. The van der Waals surface area contributed by atoms with Crippen LogP contribution in [0.15, 0.2) is 0 Å². The summed E-state index contributed by atoms with van der Waals surface area (Å²) in [5, 5.41) is 384. The predicted molar refractivity (Wildman–Crippen MR) is 349 cm³/mol. The first kappa shape index (κ1) is 98.2. The molecule has 9 saturated heterocycles. The summed E-state index contributed by atoms with van der Waals surface area (Å²) in [5.41, 5.74) is 0. The molecule has 55 heteroatoms. The molecule has 118 heavy (non-hydrogen) atoms. The molecule has 35 N–H and O–H groups in total. The van der Waals surface area contributed by atoms with Crippen LogP contribution in [0, 0.1) is 0 Å². The molecule has 9 aliphatic rings. The topological polar surface area (TPSA) is 916 Å². The van der Waals surface area contributed by atoms with Gasteiger partial charge in [0.1, 0.15) is 220 Å². The first-order valence-electron chi connectivity index (χ1n) is 36.6. The molecule has 0 saturated carbocycles. The first-order valence-corrected chi connectivity index (χ1v) is 36.6. The van der Waals surface area contributed by atoms with Crippen molar-refractivity contribution in [3.63, 3.8) is 0 Å². The number of hydrogen-bond acceptors (Lipinski definition) is 52. The lowest BCUT2D eigenvalue weighted by atomic mass is 9.88. The Labute approximate surface area is 662 Å². The Morgan fingerprint density at radius 1 is 0.314 bits per heavy atom. The average Bonchev–Trinajstić information content (AvgIpc) is 0.741. The maximum absolute atomic E-state index is 14.0. The number of rotatable bonds is 34. The molecule has 0 spiro atoms. The van der Waals surface area contributed by atoms with Gasteiger partial charge >= 0.3 is 17.9 Å². The van der Waals surface area contributed by atoms with Gasteiger partial charge in [-0.15, -0.1) is 0 Å². The lowest BCUT2D eigenvalue weighted by Gasteiger charge is -2.53. The van der Waals surface area contributed by atoms with Crippen LogP contribution in [0.5, 0.6) is 0 Å². The maximum atomic E-state index is 14.0. The molecular weight excluding hydrogens is 1640 g/mol. The van der Waals surface area contributed by atoms with E-state index >= 15 is 0 Å². The third kappa shape index (κ3) is 20.3. The van der Waals surface area contributed by atoms with Crippen molar-refractivity contribution in [2.75, 3.05) is 59.5 Å². The number of aliphatic hydroxyl groups excluding tert-OH is 31. The van der Waals surface area contributed by atoms with Gasteiger partial charge in [0.2, 0.25) is 0 Å². The molecular formula is C63H104O55. The lowest BCUT2D eigenvalue weighted by molar-refractivity contribution is -0.411. The minimum absolute atomic E-state index is 1.02. The summed E-state index contributed by atoms with van der Waals surface area (Å²) < 4.78 is 96.4. The van der Waals surface area contributed by atoms with Crippen LogP contribution in [0.2, 0.25) is 0 Å². The summed E-state index contributed by atoms with van der Waals surface area (Å²) >= 11 is 0. The Morgan fingerprint density at radius 2 is 0.669 bits per heavy atom. The second kappa shape index (κ2) is 40.8. The molecule has 48 atom stereocenters. The van der Waals surface area contributed by atoms with Crippen LogP contribution in [0.25, 0.3) is 0 Å². The smallest absolute Gasteiger partial charge is 0.364 e. The SMILES string of the molecule is O=C(O)[C@@]1(O[C@@H]2C[C@](O[C@@H]3C[C@](O)(C(=O)O)O[C@H]([C@H](O)CO)[C@@H]3O[C@H]3O[C@H]([C@@H](O)CO)[C@@H](O)[C@H](O[C@H]4O[C@H]([C@@H](O)CO[C@H]5O[C@H]([C@@H](O)CO)[C@@H](O)[C@H](O)[C@@H]5O)[C@@H](O)[C@H](O[C@H]5O[C@H](CO[C@H]6O[C@H](CO)[C@H](O)[C@H](O)[C@H]6O)[C@@H](O)[C@H](O[C@H]6O[C@H](CO)[C@H](O)[C@H](O)[C@H]6O)[C@H]5O)[C@@H]4O)[C@@H]3O)(C(=O)O)O[C@H]([C@H](O)CO)[C@@H]2O)C[C@@H](O)[C@@H](O)[C@@H]([C@H](O)CO)O1. The van der Waals surface area contributed by atoms with Gasteiger partial charge in [0.25, 0.3) is 17.4 Å². The molecule has 0 aromatic heterocycles. The Hall–Kier alpha value is -3.55. The van der Waals surface area contributed by atoms with Crippen molar-refractivity contribution in [3.8, 4) is 0 Å². The van der Waals surface area contributed by atoms with Crippen molar-refractivity contribution >= 4 is 17.9 Å². The van der Waals surface area contributed by atoms with E-state index in [4.69, 9.17) is 80.5 Å². The van der Waals surface area contributed by atoms with Crippen LogP contribution in [0.4, 0.5) is 0 Å². The third-order valence-corrected chi connectivity index (χ3v) is 21.6. The molecule has 9 fully saturated rings. The minimum atomic E-state index is -3.82. The summed E-state index contributed by atoms with van der Waals surface area (Å²) in [6, 6.07) is 0. The summed E-state index contributed by atoms with van der Waals surface area (Å²) in [5.74, 6) is -18.3. The molecule has 0 aromatic rings. The fourth-order valence-electron chi connectivity index (χ4n) is 14.8. The highest BCUT2D eigenvalue weighted by molar-refractivity contribution is 5.77. The molecule has 9 heterocycles. The zero-order valence-corrected chi connectivity index (χ0v) is 61.3. The van der Waals surface area contributed by atoms with Gasteiger partial charge in [-0.1, -0.05) is 0 Å². The quantitative estimate of drug-likeness (QED) is 0.0284. The fraction of sp³-hybridized carbons (Fsp3) is 0.952. The fourth-order valence-corrected chi connectivity index (χ4v) is 14.8. The Bertz CT molecular complexity index is 3160. The predicted octanol–water partition coefficient (Wildman–Crippen LogP) is -23.0. The van der Waals surface area contributed by atoms with E-state index in [0.717, 1.165) is 0 Å². The van der Waals surface area contributed by atoms with E-state index in [1.165, 1.54) is 0 Å². The van der Waals surface area contributed by atoms with Gasteiger partial charge in [0.15, 0.2) is 37.7 Å². The van der Waals surface area contributed by atoms with Crippen molar-refractivity contribution in [2.45, 2.75) is 312 Å². The highest BCUT2D eigenvalue weighted by Gasteiger charge is 2.66. The molecule has 0 aliphatic carbocycles. The normalized spacial score (nSPS) is 48.9. The van der Waals surface area contributed by atoms with Gasteiger partial charge in [-0.3, -0.25) is 0 Å². The van der Waals surface area contributed by atoms with E-state index in [1.54, 1.807) is 0 Å². The Kier molecular flexibility index (Phi) is 34.0. The van der Waals surface area contributed by atoms with Gasteiger partial charge in [0, 0.05) is 19.3 Å². The maximum Gasteiger partial charge on any atom is 0.364 e. The van der Waals surface area contributed by atoms with Gasteiger partial charge in [-0.2, -0.15) is 0 Å². The largest absolute Gasteiger partial charge is 0.477 e. The van der Waals surface area contributed by atoms with Crippen molar-refractivity contribution in [2.24, 2.45) is 0 Å². The Balaban J connectivity index is 1.10. The molecule has 55 nitrogen and oxygen atoms in total. The summed E-state index contributed by atoms with van der Waals surface area (Å²) in [6.07, 6.45) is -114. The van der Waals surface area contributed by atoms with Crippen molar-refractivity contribution < 1.29 is 274 Å². The molecule has 9 rings (SSSR count). The van der Waals surface area contributed by atoms with Crippen LogP contribution in [0.3, 0.4) is 0 Å². The van der Waals surface area contributed by atoms with E-state index < -0.39 is 390 Å². The third-order valence-electron chi connectivity index (χ3n) is 21.6. The lowest BCUT2D eigenvalue weighted by Crippen LogP contribution is -2.71. The van der Waals surface area contributed by atoms with Crippen LogP contribution < -0.4 is 0 Å². The van der Waals surface area contributed by atoms with E-state index in [2.05, 4.69) is 0 Å². The number of carboxylic acid groups (broad SMARTS) is 3. The van der Waals surface area contributed by atoms with Crippen LogP contribution in [-0.2, 0) is 94.9 Å². The molecule has 0 aromatic carbocycles. The van der Waals surface area contributed by atoms with Crippen LogP contribution in [0.1, 0.15) is 19.3 Å². The van der Waals surface area contributed by atoms with Crippen molar-refractivity contribution in [1.82, 2.24) is 0 Å². The molecule has 0 bridgehead atoms. The van der Waals surface area contributed by atoms with Crippen LogP contribution >= 0.6 is 0 Å². The monoisotopic (exact) mass is 1740 g/mol. The molecule has 0 amide bonds. The summed E-state index contributed by atoms with van der Waals surface area (Å²) in [6.45, 7) is -11.7. The second-order valence-corrected chi connectivity index (χ2v) is 29.6. The number of aliphatic hydroxyl groups is 32. The highest BCUT2D eigenvalue weighted by atomic mass is 16.8. The average molecular weight is 1740 g/mol. The molecule has 0 unspecified atom stereocenters. The van der Waals surface area contributed by atoms with Crippen molar-refractivity contribution in [3.05, 3.63) is 0 Å².